The van der Waals surface area contributed by atoms with Crippen LogP contribution in [-0.2, 0) is 0 Å². The summed E-state index contributed by atoms with van der Waals surface area (Å²) in [5.41, 5.74) is 5.93. The Hall–Kier alpha value is -3.87. The summed E-state index contributed by atoms with van der Waals surface area (Å²) in [4.78, 5) is 7.69. The van der Waals surface area contributed by atoms with Crippen LogP contribution in [0.5, 0.6) is 0 Å². The molecule has 0 spiro atoms. The van der Waals surface area contributed by atoms with Crippen LogP contribution in [0.15, 0.2) is 67.0 Å². The van der Waals surface area contributed by atoms with Gasteiger partial charge in [0.25, 0.3) is 0 Å². The van der Waals surface area contributed by atoms with Gasteiger partial charge in [-0.15, -0.1) is 0 Å². The lowest BCUT2D eigenvalue weighted by molar-refractivity contribution is 0.880. The molecule has 3 aromatic heterocycles. The van der Waals surface area contributed by atoms with Crippen LogP contribution >= 0.6 is 0 Å². The number of imidazole rings is 1. The maximum atomic E-state index is 4.47. The van der Waals surface area contributed by atoms with E-state index in [1.807, 2.05) is 72.4 Å². The maximum absolute atomic E-state index is 4.47. The molecule has 7 nitrogen and oxygen atoms in total. The molecule has 0 aliphatic heterocycles. The lowest BCUT2D eigenvalue weighted by Gasteiger charge is -2.03. The number of hydrogen-bond donors (Lipinski definition) is 3. The third kappa shape index (κ3) is 2.95. The molecule has 0 atom stereocenters. The Labute approximate surface area is 155 Å². The zero-order chi connectivity index (χ0) is 18.2. The minimum absolute atomic E-state index is 0.757. The lowest BCUT2D eigenvalue weighted by atomic mass is 10.1. The number of nitrogens with one attached hydrogen (secondary N) is 3. The van der Waals surface area contributed by atoms with Gasteiger partial charge in [0.15, 0.2) is 5.82 Å². The molecule has 7 heteroatoms. The summed E-state index contributed by atoms with van der Waals surface area (Å²) in [5, 5.41) is 15.0. The molecule has 0 aliphatic rings. The molecule has 0 fully saturated rings. The monoisotopic (exact) mass is 355 g/mol. The van der Waals surface area contributed by atoms with E-state index in [2.05, 4.69) is 30.6 Å². The zero-order valence-corrected chi connectivity index (χ0v) is 14.6. The van der Waals surface area contributed by atoms with Crippen LogP contribution in [0.2, 0.25) is 0 Å². The fourth-order valence-corrected chi connectivity index (χ4v) is 3.11. The van der Waals surface area contributed by atoms with Gasteiger partial charge in [0.05, 0.1) is 22.4 Å². The van der Waals surface area contributed by atoms with Gasteiger partial charge in [0.1, 0.15) is 5.82 Å². The summed E-state index contributed by atoms with van der Waals surface area (Å²) in [6, 6.07) is 18.1. The highest BCUT2D eigenvalue weighted by atomic mass is 15.3. The highest BCUT2D eigenvalue weighted by molar-refractivity contribution is 5.80. The minimum atomic E-state index is 0.757. The van der Waals surface area contributed by atoms with E-state index in [-0.39, 0.29) is 0 Å². The molecule has 3 heterocycles. The Morgan fingerprint density at radius 3 is 2.74 bits per heavy atom. The number of hydrogen-bond acceptors (Lipinski definition) is 4. The topological polar surface area (TPSA) is 87.2 Å². The first-order chi connectivity index (χ1) is 13.2. The smallest absolute Gasteiger partial charge is 0.152 e. The standard InChI is InChI=1S/C20H17N7/c1-13-22-17-8-5-15(11-19(17)23-13)24-20-12-18(25-26-20)14-3-6-16(7-4-14)27-10-2-9-21-27/h2-12H,1H3,(H,22,23)(H2,24,25,26). The molecule has 2 aromatic carbocycles. The van der Waals surface area contributed by atoms with Crippen LogP contribution < -0.4 is 5.32 Å². The molecule has 5 aromatic rings. The SMILES string of the molecule is Cc1nc2cc(Nc3cc(-c4ccc(-n5cccn5)cc4)[nH]n3)ccc2[nH]1. The highest BCUT2D eigenvalue weighted by Gasteiger charge is 2.06. The van der Waals surface area contributed by atoms with E-state index in [0.29, 0.717) is 0 Å². The number of rotatable bonds is 4. The van der Waals surface area contributed by atoms with Gasteiger partial charge >= 0.3 is 0 Å². The van der Waals surface area contributed by atoms with Crippen molar-refractivity contribution in [3.8, 4) is 16.9 Å². The number of aromatic amines is 2. The van der Waals surface area contributed by atoms with Crippen molar-refractivity contribution in [2.45, 2.75) is 6.92 Å². The van der Waals surface area contributed by atoms with Gasteiger partial charge in [-0.2, -0.15) is 10.2 Å². The van der Waals surface area contributed by atoms with Crippen molar-refractivity contribution in [3.63, 3.8) is 0 Å². The summed E-state index contributed by atoms with van der Waals surface area (Å²) in [5.74, 6) is 1.66. The highest BCUT2D eigenvalue weighted by Crippen LogP contribution is 2.24. The molecule has 0 amide bonds. The Kier molecular flexibility index (Phi) is 3.50. The van der Waals surface area contributed by atoms with E-state index in [9.17, 15) is 0 Å². The summed E-state index contributed by atoms with van der Waals surface area (Å²) in [6.07, 6.45) is 3.69. The molecular formula is C20H17N7. The maximum Gasteiger partial charge on any atom is 0.152 e. The van der Waals surface area contributed by atoms with Crippen LogP contribution in [0.3, 0.4) is 0 Å². The first kappa shape index (κ1) is 15.4. The van der Waals surface area contributed by atoms with Gasteiger partial charge < -0.3 is 10.3 Å². The Morgan fingerprint density at radius 1 is 1.04 bits per heavy atom. The summed E-state index contributed by atoms with van der Waals surface area (Å²) in [7, 11) is 0. The Bertz CT molecular complexity index is 1200. The van der Waals surface area contributed by atoms with Crippen molar-refractivity contribution in [2.24, 2.45) is 0 Å². The number of fused-ring (bicyclic) bond motifs is 1. The van der Waals surface area contributed by atoms with E-state index >= 15 is 0 Å². The summed E-state index contributed by atoms with van der Waals surface area (Å²) in [6.45, 7) is 1.95. The van der Waals surface area contributed by atoms with E-state index in [0.717, 1.165) is 45.3 Å². The quantitative estimate of drug-likeness (QED) is 0.451. The van der Waals surface area contributed by atoms with Gasteiger partial charge in [-0.3, -0.25) is 5.10 Å². The molecule has 0 aliphatic carbocycles. The van der Waals surface area contributed by atoms with Crippen molar-refractivity contribution >= 4 is 22.5 Å². The largest absolute Gasteiger partial charge is 0.342 e. The van der Waals surface area contributed by atoms with Crippen LogP contribution in [0, 0.1) is 6.92 Å². The third-order valence-electron chi connectivity index (χ3n) is 4.40. The molecule has 132 valence electrons. The number of anilines is 2. The molecule has 0 bridgehead atoms. The van der Waals surface area contributed by atoms with Gasteiger partial charge in [-0.05, 0) is 48.9 Å². The number of aromatic nitrogens is 6. The Balaban J connectivity index is 1.37. The second-order valence-electron chi connectivity index (χ2n) is 6.34. The average Bonchev–Trinajstić information content (AvgIpc) is 3.42. The third-order valence-corrected chi connectivity index (χ3v) is 4.40. The van der Waals surface area contributed by atoms with Crippen molar-refractivity contribution in [2.75, 3.05) is 5.32 Å². The lowest BCUT2D eigenvalue weighted by Crippen LogP contribution is -1.93. The molecular weight excluding hydrogens is 338 g/mol. The van der Waals surface area contributed by atoms with Crippen LogP contribution in [0.25, 0.3) is 28.0 Å². The predicted molar refractivity (Wildman–Crippen MR) is 105 cm³/mol. The van der Waals surface area contributed by atoms with Gasteiger partial charge in [-0.1, -0.05) is 12.1 Å². The van der Waals surface area contributed by atoms with E-state index < -0.39 is 0 Å². The molecule has 0 unspecified atom stereocenters. The summed E-state index contributed by atoms with van der Waals surface area (Å²) < 4.78 is 1.83. The van der Waals surface area contributed by atoms with E-state index in [1.165, 1.54) is 0 Å². The van der Waals surface area contributed by atoms with Crippen LogP contribution in [0.4, 0.5) is 11.5 Å². The van der Waals surface area contributed by atoms with Crippen molar-refractivity contribution < 1.29 is 0 Å². The predicted octanol–water partition coefficient (Wildman–Crippen LogP) is 4.19. The van der Waals surface area contributed by atoms with E-state index in [4.69, 9.17) is 0 Å². The molecule has 0 saturated heterocycles. The zero-order valence-electron chi connectivity index (χ0n) is 14.6. The van der Waals surface area contributed by atoms with Crippen LogP contribution in [0.1, 0.15) is 5.82 Å². The summed E-state index contributed by atoms with van der Waals surface area (Å²) >= 11 is 0. The molecule has 0 radical (unpaired) electrons. The van der Waals surface area contributed by atoms with Crippen molar-refractivity contribution in [1.29, 1.82) is 0 Å². The Morgan fingerprint density at radius 2 is 1.93 bits per heavy atom. The van der Waals surface area contributed by atoms with Gasteiger partial charge in [-0.25, -0.2) is 9.67 Å². The fourth-order valence-electron chi connectivity index (χ4n) is 3.11. The molecule has 3 N–H and O–H groups in total. The first-order valence-electron chi connectivity index (χ1n) is 8.64. The number of benzene rings is 2. The van der Waals surface area contributed by atoms with E-state index in [1.54, 1.807) is 6.20 Å². The second kappa shape index (κ2) is 6.14. The number of H-pyrrole nitrogens is 2. The minimum Gasteiger partial charge on any atom is -0.342 e. The molecule has 0 saturated carbocycles. The van der Waals surface area contributed by atoms with Gasteiger partial charge in [0.2, 0.25) is 0 Å². The molecule has 5 rings (SSSR count). The van der Waals surface area contributed by atoms with Crippen molar-refractivity contribution in [3.05, 3.63) is 72.8 Å². The van der Waals surface area contributed by atoms with Gasteiger partial charge in [0, 0.05) is 24.1 Å². The van der Waals surface area contributed by atoms with Crippen molar-refractivity contribution in [1.82, 2.24) is 29.9 Å². The van der Waals surface area contributed by atoms with Crippen LogP contribution in [-0.4, -0.2) is 29.9 Å². The fraction of sp³-hybridized carbons (Fsp3) is 0.0500. The second-order valence-corrected chi connectivity index (χ2v) is 6.34. The normalized spacial score (nSPS) is 11.1. The number of nitrogens with zero attached hydrogens (tertiary/aromatic N) is 4. The average molecular weight is 355 g/mol. The number of aryl methyl sites for hydroxylation is 1. The first-order valence-corrected chi connectivity index (χ1v) is 8.64. The molecule has 27 heavy (non-hydrogen) atoms.